The number of benzene rings is 1. The van der Waals surface area contributed by atoms with Gasteiger partial charge in [-0.2, -0.15) is 0 Å². The van der Waals surface area contributed by atoms with E-state index in [2.05, 4.69) is 15.9 Å². The highest BCUT2D eigenvalue weighted by Crippen LogP contribution is 2.35. The minimum Gasteiger partial charge on any atom is -0.388 e. The molecular formula is C13H16BrFO. The molecule has 1 aromatic carbocycles. The molecule has 1 aromatic rings. The molecule has 1 N–H and O–H groups in total. The molecule has 0 heterocycles. The summed E-state index contributed by atoms with van der Waals surface area (Å²) in [5.41, 5.74) is 0.440. The van der Waals surface area contributed by atoms with Gasteiger partial charge >= 0.3 is 0 Å². The lowest BCUT2D eigenvalue weighted by Gasteiger charge is -2.27. The molecule has 0 radical (unpaired) electrons. The zero-order valence-corrected chi connectivity index (χ0v) is 10.7. The Morgan fingerprint density at radius 2 is 1.94 bits per heavy atom. The fraction of sp³-hybridized carbons (Fsp3) is 0.538. The van der Waals surface area contributed by atoms with Crippen molar-refractivity contribution in [1.82, 2.24) is 0 Å². The molecule has 1 atom stereocenters. The van der Waals surface area contributed by atoms with Gasteiger partial charge in [-0.3, -0.25) is 0 Å². The summed E-state index contributed by atoms with van der Waals surface area (Å²) < 4.78 is 14.4. The first-order valence-corrected chi connectivity index (χ1v) is 6.61. The Balaban J connectivity index is 2.15. The molecule has 0 aromatic heterocycles. The van der Waals surface area contributed by atoms with E-state index in [-0.39, 0.29) is 11.7 Å². The molecule has 0 aliphatic heterocycles. The monoisotopic (exact) mass is 286 g/mol. The van der Waals surface area contributed by atoms with Crippen LogP contribution in [0.15, 0.2) is 22.7 Å². The van der Waals surface area contributed by atoms with Crippen LogP contribution in [-0.2, 0) is 0 Å². The molecule has 1 nitrogen and oxygen atoms in total. The maximum atomic E-state index is 13.7. The summed E-state index contributed by atoms with van der Waals surface area (Å²) in [6, 6.07) is 4.88. The van der Waals surface area contributed by atoms with Crippen LogP contribution in [0.5, 0.6) is 0 Å². The highest BCUT2D eigenvalue weighted by atomic mass is 79.9. The largest absolute Gasteiger partial charge is 0.388 e. The fourth-order valence-electron chi connectivity index (χ4n) is 2.45. The quantitative estimate of drug-likeness (QED) is 0.864. The van der Waals surface area contributed by atoms with Crippen molar-refractivity contribution in [2.75, 3.05) is 0 Å². The predicted octanol–water partition coefficient (Wildman–Crippen LogP) is 4.20. The van der Waals surface area contributed by atoms with Crippen LogP contribution in [0.1, 0.15) is 43.8 Å². The van der Waals surface area contributed by atoms with E-state index in [9.17, 15) is 9.50 Å². The predicted molar refractivity (Wildman–Crippen MR) is 65.6 cm³/mol. The van der Waals surface area contributed by atoms with Gasteiger partial charge in [0.15, 0.2) is 0 Å². The first-order valence-electron chi connectivity index (χ1n) is 5.81. The molecule has 1 saturated carbocycles. The average Bonchev–Trinajstić information content (AvgIpc) is 2.29. The number of rotatable bonds is 2. The molecule has 3 heteroatoms. The Bertz CT molecular complexity index is 361. The molecular weight excluding hydrogens is 271 g/mol. The third kappa shape index (κ3) is 2.64. The van der Waals surface area contributed by atoms with E-state index < -0.39 is 6.10 Å². The molecule has 1 unspecified atom stereocenters. The lowest BCUT2D eigenvalue weighted by molar-refractivity contribution is 0.0816. The van der Waals surface area contributed by atoms with Crippen molar-refractivity contribution in [3.63, 3.8) is 0 Å². The lowest BCUT2D eigenvalue weighted by atomic mass is 9.82. The van der Waals surface area contributed by atoms with Crippen LogP contribution in [0, 0.1) is 11.7 Å². The highest BCUT2D eigenvalue weighted by Gasteiger charge is 2.25. The second kappa shape index (κ2) is 5.28. The Morgan fingerprint density at radius 1 is 1.25 bits per heavy atom. The van der Waals surface area contributed by atoms with Crippen molar-refractivity contribution in [1.29, 1.82) is 0 Å². The summed E-state index contributed by atoms with van der Waals surface area (Å²) in [6.45, 7) is 0. The van der Waals surface area contributed by atoms with Gasteiger partial charge in [-0.1, -0.05) is 41.3 Å². The number of aliphatic hydroxyl groups is 1. The van der Waals surface area contributed by atoms with E-state index in [0.717, 1.165) is 25.7 Å². The summed E-state index contributed by atoms with van der Waals surface area (Å²) in [5.74, 6) is -0.0862. The van der Waals surface area contributed by atoms with Gasteiger partial charge in [0.1, 0.15) is 5.82 Å². The first-order chi connectivity index (χ1) is 7.68. The van der Waals surface area contributed by atoms with Gasteiger partial charge in [-0.05, 0) is 30.9 Å². The molecule has 0 amide bonds. The van der Waals surface area contributed by atoms with Crippen molar-refractivity contribution in [2.45, 2.75) is 38.2 Å². The van der Waals surface area contributed by atoms with E-state index in [1.807, 2.05) is 0 Å². The third-order valence-electron chi connectivity index (χ3n) is 3.38. The van der Waals surface area contributed by atoms with Crippen LogP contribution in [0.4, 0.5) is 4.39 Å². The maximum absolute atomic E-state index is 13.7. The minimum atomic E-state index is -0.645. The van der Waals surface area contributed by atoms with Crippen LogP contribution in [0.3, 0.4) is 0 Å². The van der Waals surface area contributed by atoms with E-state index in [4.69, 9.17) is 0 Å². The SMILES string of the molecule is OC(c1ccc(Br)cc1F)C1CCCCC1. The summed E-state index contributed by atoms with van der Waals surface area (Å²) in [4.78, 5) is 0. The fourth-order valence-corrected chi connectivity index (χ4v) is 2.78. The number of hydrogen-bond donors (Lipinski definition) is 1. The Hall–Kier alpha value is -0.410. The molecule has 16 heavy (non-hydrogen) atoms. The standard InChI is InChI=1S/C13H16BrFO/c14-10-6-7-11(12(15)8-10)13(16)9-4-2-1-3-5-9/h6-9,13,16H,1-5H2. The van der Waals surface area contributed by atoms with Crippen molar-refractivity contribution >= 4 is 15.9 Å². The molecule has 1 aliphatic rings. The smallest absolute Gasteiger partial charge is 0.130 e. The van der Waals surface area contributed by atoms with Crippen molar-refractivity contribution < 1.29 is 9.50 Å². The zero-order chi connectivity index (χ0) is 11.5. The molecule has 0 bridgehead atoms. The molecule has 0 saturated heterocycles. The summed E-state index contributed by atoms with van der Waals surface area (Å²) in [5, 5.41) is 10.2. The number of hydrogen-bond acceptors (Lipinski definition) is 1. The molecule has 2 rings (SSSR count). The Labute approximate surface area is 104 Å². The molecule has 1 fully saturated rings. The van der Waals surface area contributed by atoms with E-state index in [1.54, 1.807) is 12.1 Å². The van der Waals surface area contributed by atoms with E-state index in [1.165, 1.54) is 12.5 Å². The maximum Gasteiger partial charge on any atom is 0.130 e. The van der Waals surface area contributed by atoms with Gasteiger partial charge in [-0.15, -0.1) is 0 Å². The topological polar surface area (TPSA) is 20.2 Å². The Morgan fingerprint density at radius 3 is 2.56 bits per heavy atom. The van der Waals surface area contributed by atoms with Crippen LogP contribution in [-0.4, -0.2) is 5.11 Å². The van der Waals surface area contributed by atoms with Crippen LogP contribution in [0.25, 0.3) is 0 Å². The molecule has 1 aliphatic carbocycles. The Kier molecular flexibility index (Phi) is 3.98. The second-order valence-corrected chi connectivity index (χ2v) is 5.42. The van der Waals surface area contributed by atoms with Gasteiger partial charge in [0.2, 0.25) is 0 Å². The molecule has 0 spiro atoms. The van der Waals surface area contributed by atoms with E-state index >= 15 is 0 Å². The van der Waals surface area contributed by atoms with Crippen molar-refractivity contribution in [3.8, 4) is 0 Å². The lowest BCUT2D eigenvalue weighted by Crippen LogP contribution is -2.17. The highest BCUT2D eigenvalue weighted by molar-refractivity contribution is 9.10. The van der Waals surface area contributed by atoms with Gasteiger partial charge in [-0.25, -0.2) is 4.39 Å². The minimum absolute atomic E-state index is 0.226. The van der Waals surface area contributed by atoms with Crippen LogP contribution in [0.2, 0.25) is 0 Å². The number of halogens is 2. The summed E-state index contributed by atoms with van der Waals surface area (Å²) in [6.07, 6.45) is 4.92. The van der Waals surface area contributed by atoms with Crippen LogP contribution < -0.4 is 0 Å². The van der Waals surface area contributed by atoms with Crippen molar-refractivity contribution in [3.05, 3.63) is 34.1 Å². The first kappa shape index (κ1) is 12.1. The summed E-state index contributed by atoms with van der Waals surface area (Å²) >= 11 is 3.22. The van der Waals surface area contributed by atoms with Crippen LogP contribution >= 0.6 is 15.9 Å². The van der Waals surface area contributed by atoms with Gasteiger partial charge < -0.3 is 5.11 Å². The van der Waals surface area contributed by atoms with Gasteiger partial charge in [0, 0.05) is 10.0 Å². The second-order valence-electron chi connectivity index (χ2n) is 4.51. The number of aliphatic hydroxyl groups excluding tert-OH is 1. The van der Waals surface area contributed by atoms with Gasteiger partial charge in [0.25, 0.3) is 0 Å². The normalized spacial score (nSPS) is 19.7. The zero-order valence-electron chi connectivity index (χ0n) is 9.13. The summed E-state index contributed by atoms with van der Waals surface area (Å²) in [7, 11) is 0. The van der Waals surface area contributed by atoms with E-state index in [0.29, 0.717) is 10.0 Å². The third-order valence-corrected chi connectivity index (χ3v) is 3.87. The molecule has 88 valence electrons. The average molecular weight is 287 g/mol. The van der Waals surface area contributed by atoms with Gasteiger partial charge in [0.05, 0.1) is 6.10 Å². The van der Waals surface area contributed by atoms with Crippen molar-refractivity contribution in [2.24, 2.45) is 5.92 Å².